The number of rotatable bonds is 2. The maximum atomic E-state index is 10.3. The average molecular weight is 337 g/mol. The van der Waals surface area contributed by atoms with Crippen LogP contribution >= 0.6 is 0 Å². The van der Waals surface area contributed by atoms with Gasteiger partial charge in [0, 0.05) is 31.3 Å². The Bertz CT molecular complexity index is 944. The molecule has 3 aromatic rings. The summed E-state index contributed by atoms with van der Waals surface area (Å²) in [5, 5.41) is 14.9. The standard InChI is InChI=1S/C18H19N5O2/c1-10-5-11(2)16(15(24)6-10)14-3-4-23-17(19-14)20-18(21-23)22-8-12-7-13(9-22)25-12/h3-6,12-13,24H,7-9H2,1-2H3. The van der Waals surface area contributed by atoms with Crippen LogP contribution in [-0.4, -0.2) is 50.0 Å². The van der Waals surface area contributed by atoms with Gasteiger partial charge < -0.3 is 14.7 Å². The van der Waals surface area contributed by atoms with Crippen LogP contribution in [0.15, 0.2) is 24.4 Å². The van der Waals surface area contributed by atoms with Crippen LogP contribution in [0.1, 0.15) is 17.5 Å². The SMILES string of the molecule is Cc1cc(C)c(-c2ccn3nc(N4CC5CC(C4)O5)nc3n2)c(O)c1. The molecule has 0 aliphatic carbocycles. The van der Waals surface area contributed by atoms with Crippen molar-refractivity contribution in [1.29, 1.82) is 0 Å². The highest BCUT2D eigenvalue weighted by molar-refractivity contribution is 5.72. The highest BCUT2D eigenvalue weighted by atomic mass is 16.5. The first-order valence-electron chi connectivity index (χ1n) is 8.51. The number of morpholine rings is 1. The Labute approximate surface area is 144 Å². The molecule has 0 saturated carbocycles. The molecular formula is C18H19N5O2. The van der Waals surface area contributed by atoms with Gasteiger partial charge in [0.1, 0.15) is 5.75 Å². The summed E-state index contributed by atoms with van der Waals surface area (Å²) >= 11 is 0. The van der Waals surface area contributed by atoms with Crippen molar-refractivity contribution in [3.8, 4) is 17.0 Å². The van der Waals surface area contributed by atoms with Crippen LogP contribution < -0.4 is 4.90 Å². The predicted octanol–water partition coefficient (Wildman–Crippen LogP) is 2.09. The zero-order valence-electron chi connectivity index (χ0n) is 14.2. The van der Waals surface area contributed by atoms with Crippen molar-refractivity contribution in [3.63, 3.8) is 0 Å². The Hall–Kier alpha value is -2.67. The molecule has 25 heavy (non-hydrogen) atoms. The second-order valence-corrected chi connectivity index (χ2v) is 6.97. The number of aromatic nitrogens is 4. The summed E-state index contributed by atoms with van der Waals surface area (Å²) in [5.74, 6) is 1.46. The van der Waals surface area contributed by atoms with Gasteiger partial charge in [-0.1, -0.05) is 6.07 Å². The van der Waals surface area contributed by atoms with E-state index in [1.807, 2.05) is 32.2 Å². The summed E-state index contributed by atoms with van der Waals surface area (Å²) in [5.41, 5.74) is 3.45. The molecule has 3 saturated heterocycles. The molecule has 128 valence electrons. The average Bonchev–Trinajstić information content (AvgIpc) is 2.97. The molecule has 7 heteroatoms. The third kappa shape index (κ3) is 2.34. The summed E-state index contributed by atoms with van der Waals surface area (Å²) in [7, 11) is 0. The molecule has 1 N–H and O–H groups in total. The largest absolute Gasteiger partial charge is 0.507 e. The lowest BCUT2D eigenvalue weighted by atomic mass is 9.99. The molecule has 1 aromatic carbocycles. The molecule has 3 fully saturated rings. The van der Waals surface area contributed by atoms with E-state index in [1.54, 1.807) is 10.6 Å². The normalized spacial score (nSPS) is 22.2. The van der Waals surface area contributed by atoms with Crippen LogP contribution in [0.3, 0.4) is 0 Å². The molecule has 2 atom stereocenters. The van der Waals surface area contributed by atoms with Crippen LogP contribution in [0.4, 0.5) is 5.95 Å². The van der Waals surface area contributed by atoms with Crippen molar-refractivity contribution >= 4 is 11.7 Å². The van der Waals surface area contributed by atoms with Gasteiger partial charge in [-0.2, -0.15) is 4.98 Å². The molecule has 0 spiro atoms. The van der Waals surface area contributed by atoms with Crippen molar-refractivity contribution < 1.29 is 9.84 Å². The molecule has 2 aromatic heterocycles. The van der Waals surface area contributed by atoms with Crippen LogP contribution in [0, 0.1) is 13.8 Å². The fourth-order valence-electron chi connectivity index (χ4n) is 3.84. The van der Waals surface area contributed by atoms with Gasteiger partial charge in [-0.3, -0.25) is 0 Å². The summed E-state index contributed by atoms with van der Waals surface area (Å²) in [6, 6.07) is 5.65. The van der Waals surface area contributed by atoms with Crippen LogP contribution in [-0.2, 0) is 4.74 Å². The number of hydrogen-bond donors (Lipinski definition) is 1. The van der Waals surface area contributed by atoms with Crippen molar-refractivity contribution in [2.75, 3.05) is 18.0 Å². The fraction of sp³-hybridized carbons (Fsp3) is 0.389. The van der Waals surface area contributed by atoms with Crippen molar-refractivity contribution in [3.05, 3.63) is 35.5 Å². The molecule has 5 heterocycles. The molecule has 2 unspecified atom stereocenters. The molecule has 2 bridgehead atoms. The smallest absolute Gasteiger partial charge is 0.254 e. The van der Waals surface area contributed by atoms with E-state index in [-0.39, 0.29) is 5.75 Å². The van der Waals surface area contributed by atoms with Crippen LogP contribution in [0.5, 0.6) is 5.75 Å². The lowest BCUT2D eigenvalue weighted by Gasteiger charge is -2.46. The minimum absolute atomic E-state index is 0.238. The van der Waals surface area contributed by atoms with Gasteiger partial charge in [0.15, 0.2) is 0 Å². The number of fused-ring (bicyclic) bond motifs is 3. The molecular weight excluding hydrogens is 318 g/mol. The fourth-order valence-corrected chi connectivity index (χ4v) is 3.84. The van der Waals surface area contributed by atoms with Gasteiger partial charge >= 0.3 is 0 Å². The zero-order chi connectivity index (χ0) is 17.1. The molecule has 7 nitrogen and oxygen atoms in total. The number of phenols is 1. The topological polar surface area (TPSA) is 75.8 Å². The third-order valence-corrected chi connectivity index (χ3v) is 4.95. The Kier molecular flexibility index (Phi) is 3.03. The summed E-state index contributed by atoms with van der Waals surface area (Å²) in [6.45, 7) is 5.60. The second kappa shape index (κ2) is 5.16. The van der Waals surface area contributed by atoms with E-state index in [2.05, 4.69) is 20.0 Å². The number of piperidine rings is 1. The Morgan fingerprint density at radius 1 is 1.16 bits per heavy atom. The number of nitrogens with zero attached hydrogens (tertiary/aromatic N) is 5. The van der Waals surface area contributed by atoms with E-state index in [0.29, 0.717) is 29.6 Å². The first-order valence-corrected chi connectivity index (χ1v) is 8.51. The van der Waals surface area contributed by atoms with E-state index in [1.165, 1.54) is 0 Å². The number of aryl methyl sites for hydroxylation is 2. The van der Waals surface area contributed by atoms with E-state index in [0.717, 1.165) is 36.2 Å². The number of benzene rings is 1. The van der Waals surface area contributed by atoms with Gasteiger partial charge in [0.25, 0.3) is 5.78 Å². The summed E-state index contributed by atoms with van der Waals surface area (Å²) < 4.78 is 7.35. The summed E-state index contributed by atoms with van der Waals surface area (Å²) in [4.78, 5) is 11.4. The quantitative estimate of drug-likeness (QED) is 0.772. The van der Waals surface area contributed by atoms with Gasteiger partial charge in [-0.05, 0) is 37.1 Å². The van der Waals surface area contributed by atoms with E-state index in [4.69, 9.17) is 4.74 Å². The van der Waals surface area contributed by atoms with Gasteiger partial charge in [0.05, 0.1) is 17.9 Å². The number of aromatic hydroxyl groups is 1. The van der Waals surface area contributed by atoms with E-state index in [9.17, 15) is 5.11 Å². The Balaban J connectivity index is 1.54. The minimum Gasteiger partial charge on any atom is -0.507 e. The maximum Gasteiger partial charge on any atom is 0.254 e. The molecule has 0 radical (unpaired) electrons. The number of anilines is 1. The Morgan fingerprint density at radius 3 is 2.64 bits per heavy atom. The Morgan fingerprint density at radius 2 is 1.92 bits per heavy atom. The van der Waals surface area contributed by atoms with Gasteiger partial charge in [-0.25, -0.2) is 9.50 Å². The molecule has 0 amide bonds. The van der Waals surface area contributed by atoms with Crippen LogP contribution in [0.25, 0.3) is 17.0 Å². The lowest BCUT2D eigenvalue weighted by molar-refractivity contribution is -0.133. The zero-order valence-corrected chi connectivity index (χ0v) is 14.2. The van der Waals surface area contributed by atoms with Crippen molar-refractivity contribution in [2.24, 2.45) is 0 Å². The first-order chi connectivity index (χ1) is 12.1. The third-order valence-electron chi connectivity index (χ3n) is 4.95. The van der Waals surface area contributed by atoms with Gasteiger partial charge in [-0.15, -0.1) is 5.10 Å². The number of ether oxygens (including phenoxy) is 1. The lowest BCUT2D eigenvalue weighted by Crippen LogP contribution is -2.57. The highest BCUT2D eigenvalue weighted by Crippen LogP contribution is 2.33. The maximum absolute atomic E-state index is 10.3. The van der Waals surface area contributed by atoms with Crippen molar-refractivity contribution in [1.82, 2.24) is 19.6 Å². The second-order valence-electron chi connectivity index (χ2n) is 6.97. The van der Waals surface area contributed by atoms with Crippen LogP contribution in [0.2, 0.25) is 0 Å². The number of hydrogen-bond acceptors (Lipinski definition) is 6. The first kappa shape index (κ1) is 14.7. The molecule has 3 aliphatic rings. The highest BCUT2D eigenvalue weighted by Gasteiger charge is 2.39. The van der Waals surface area contributed by atoms with E-state index >= 15 is 0 Å². The van der Waals surface area contributed by atoms with Crippen molar-refractivity contribution in [2.45, 2.75) is 32.5 Å². The van der Waals surface area contributed by atoms with E-state index < -0.39 is 0 Å². The molecule has 3 aliphatic heterocycles. The summed E-state index contributed by atoms with van der Waals surface area (Å²) in [6.07, 6.45) is 3.59. The molecule has 6 rings (SSSR count). The number of phenolic OH excluding ortho intramolecular Hbond substituents is 1. The predicted molar refractivity (Wildman–Crippen MR) is 92.8 cm³/mol. The minimum atomic E-state index is 0.238. The monoisotopic (exact) mass is 337 g/mol. The van der Waals surface area contributed by atoms with Gasteiger partial charge in [0.2, 0.25) is 5.95 Å².